The van der Waals surface area contributed by atoms with Gasteiger partial charge in [-0.1, -0.05) is 17.7 Å². The Hall–Kier alpha value is -3.46. The van der Waals surface area contributed by atoms with E-state index >= 15 is 0 Å². The van der Waals surface area contributed by atoms with Gasteiger partial charge in [0.1, 0.15) is 17.9 Å². The highest BCUT2D eigenvalue weighted by molar-refractivity contribution is 6.32. The number of ether oxygens (including phenoxy) is 1. The van der Waals surface area contributed by atoms with Crippen molar-refractivity contribution in [3.05, 3.63) is 69.1 Å². The molecule has 0 radical (unpaired) electrons. The third-order valence-electron chi connectivity index (χ3n) is 5.13. The Balaban J connectivity index is 1.59. The van der Waals surface area contributed by atoms with Gasteiger partial charge in [-0.2, -0.15) is 4.98 Å². The Morgan fingerprint density at radius 2 is 1.71 bits per heavy atom. The minimum absolute atomic E-state index is 0.0942. The summed E-state index contributed by atoms with van der Waals surface area (Å²) < 4.78 is 5.81. The number of aryl methyl sites for hydroxylation is 2. The second-order valence-corrected chi connectivity index (χ2v) is 7.62. The minimum Gasteiger partial charge on any atom is -0.434 e. The molecule has 0 saturated carbocycles. The van der Waals surface area contributed by atoms with Crippen LogP contribution in [-0.2, 0) is 0 Å². The summed E-state index contributed by atoms with van der Waals surface area (Å²) >= 11 is 6.21. The number of nitrogens with zero attached hydrogens (tertiary/aromatic N) is 6. The Morgan fingerprint density at radius 1 is 1.03 bits per heavy atom. The molecular formula is C21H21ClN6O3. The third kappa shape index (κ3) is 4.36. The molecule has 0 spiro atoms. The molecule has 10 heteroatoms. The predicted molar refractivity (Wildman–Crippen MR) is 118 cm³/mol. The average molecular weight is 441 g/mol. The maximum absolute atomic E-state index is 11.9. The number of piperazine rings is 1. The van der Waals surface area contributed by atoms with Crippen LogP contribution in [0.15, 0.2) is 42.9 Å². The molecule has 3 aromatic rings. The first-order chi connectivity index (χ1) is 14.9. The standard InChI is InChI=1S/C21H21ClN6O3/c1-14-11-16(12-15(2)18(14)22)31-21-19(28(29)30)20(24-13-25-21)27-9-7-26(8-10-27)17-5-3-4-6-23-17/h3-6,11-13H,7-10H2,1-2H3. The van der Waals surface area contributed by atoms with E-state index in [-0.39, 0.29) is 17.4 Å². The Morgan fingerprint density at radius 3 is 2.32 bits per heavy atom. The molecule has 0 bridgehead atoms. The van der Waals surface area contributed by atoms with Crippen LogP contribution in [0.4, 0.5) is 17.3 Å². The molecule has 1 saturated heterocycles. The van der Waals surface area contributed by atoms with E-state index in [0.717, 1.165) is 16.9 Å². The van der Waals surface area contributed by atoms with Gasteiger partial charge in [0.2, 0.25) is 5.82 Å². The number of hydrogen-bond donors (Lipinski definition) is 0. The summed E-state index contributed by atoms with van der Waals surface area (Å²) in [5.41, 5.74) is 1.39. The molecule has 1 aliphatic rings. The summed E-state index contributed by atoms with van der Waals surface area (Å²) in [7, 11) is 0. The van der Waals surface area contributed by atoms with Crippen molar-refractivity contribution in [3.8, 4) is 11.6 Å². The fourth-order valence-corrected chi connectivity index (χ4v) is 3.69. The molecule has 160 valence electrons. The fourth-order valence-electron chi connectivity index (χ4n) is 3.58. The summed E-state index contributed by atoms with van der Waals surface area (Å²) in [6, 6.07) is 9.22. The lowest BCUT2D eigenvalue weighted by atomic mass is 10.1. The van der Waals surface area contributed by atoms with Crippen LogP contribution in [0.5, 0.6) is 11.6 Å². The van der Waals surface area contributed by atoms with Gasteiger partial charge in [-0.05, 0) is 49.2 Å². The molecule has 1 fully saturated rings. The third-order valence-corrected chi connectivity index (χ3v) is 5.73. The summed E-state index contributed by atoms with van der Waals surface area (Å²) in [5, 5.41) is 12.6. The van der Waals surface area contributed by atoms with Crippen LogP contribution < -0.4 is 14.5 Å². The molecule has 9 nitrogen and oxygen atoms in total. The lowest BCUT2D eigenvalue weighted by Crippen LogP contribution is -2.47. The van der Waals surface area contributed by atoms with E-state index in [1.54, 1.807) is 18.3 Å². The normalized spacial score (nSPS) is 13.9. The van der Waals surface area contributed by atoms with Crippen molar-refractivity contribution in [2.45, 2.75) is 13.8 Å². The first-order valence-corrected chi connectivity index (χ1v) is 10.2. The highest BCUT2D eigenvalue weighted by atomic mass is 35.5. The number of hydrogen-bond acceptors (Lipinski definition) is 8. The zero-order chi connectivity index (χ0) is 22.0. The summed E-state index contributed by atoms with van der Waals surface area (Å²) in [6.45, 7) is 6.17. The van der Waals surface area contributed by atoms with Gasteiger partial charge < -0.3 is 14.5 Å². The fraction of sp³-hybridized carbons (Fsp3) is 0.286. The summed E-state index contributed by atoms with van der Waals surface area (Å²) in [4.78, 5) is 28.1. The molecule has 4 rings (SSSR count). The molecule has 0 amide bonds. The molecule has 2 aromatic heterocycles. The first kappa shape index (κ1) is 20.8. The van der Waals surface area contributed by atoms with Crippen LogP contribution in [0, 0.1) is 24.0 Å². The number of aromatic nitrogens is 3. The number of nitro groups is 1. The van der Waals surface area contributed by atoms with Crippen molar-refractivity contribution in [2.75, 3.05) is 36.0 Å². The van der Waals surface area contributed by atoms with Gasteiger partial charge in [-0.15, -0.1) is 0 Å². The van der Waals surface area contributed by atoms with E-state index in [1.807, 2.05) is 36.9 Å². The first-order valence-electron chi connectivity index (χ1n) is 9.79. The molecule has 0 atom stereocenters. The molecule has 0 unspecified atom stereocenters. The average Bonchev–Trinajstić information content (AvgIpc) is 2.78. The smallest absolute Gasteiger partial charge is 0.373 e. The molecule has 0 N–H and O–H groups in total. The van der Waals surface area contributed by atoms with Crippen molar-refractivity contribution < 1.29 is 9.66 Å². The van der Waals surface area contributed by atoms with Crippen LogP contribution in [0.25, 0.3) is 0 Å². The van der Waals surface area contributed by atoms with Crippen molar-refractivity contribution >= 4 is 28.9 Å². The van der Waals surface area contributed by atoms with Gasteiger partial charge in [0.25, 0.3) is 0 Å². The summed E-state index contributed by atoms with van der Waals surface area (Å²) in [5.74, 6) is 1.48. The van der Waals surface area contributed by atoms with E-state index in [1.165, 1.54) is 6.33 Å². The summed E-state index contributed by atoms with van der Waals surface area (Å²) in [6.07, 6.45) is 3.04. The van der Waals surface area contributed by atoms with E-state index in [0.29, 0.717) is 37.0 Å². The highest BCUT2D eigenvalue weighted by Crippen LogP contribution is 2.37. The zero-order valence-electron chi connectivity index (χ0n) is 17.2. The second kappa shape index (κ2) is 8.73. The predicted octanol–water partition coefficient (Wildman–Crippen LogP) is 4.17. The quantitative estimate of drug-likeness (QED) is 0.430. The lowest BCUT2D eigenvalue weighted by molar-refractivity contribution is -0.385. The van der Waals surface area contributed by atoms with E-state index in [4.69, 9.17) is 16.3 Å². The van der Waals surface area contributed by atoms with Gasteiger partial charge in [-0.25, -0.2) is 9.97 Å². The van der Waals surface area contributed by atoms with Crippen molar-refractivity contribution in [1.29, 1.82) is 0 Å². The maximum Gasteiger partial charge on any atom is 0.373 e. The lowest BCUT2D eigenvalue weighted by Gasteiger charge is -2.35. The molecule has 0 aliphatic carbocycles. The Bertz CT molecular complexity index is 1080. The number of rotatable bonds is 5. The van der Waals surface area contributed by atoms with Gasteiger partial charge in [0.15, 0.2) is 0 Å². The number of benzene rings is 1. The van der Waals surface area contributed by atoms with Crippen molar-refractivity contribution in [2.24, 2.45) is 0 Å². The van der Waals surface area contributed by atoms with Crippen LogP contribution in [-0.4, -0.2) is 46.1 Å². The number of halogens is 1. The SMILES string of the molecule is Cc1cc(Oc2ncnc(N3CCN(c4ccccn4)CC3)c2[N+](=O)[O-])cc(C)c1Cl. The van der Waals surface area contributed by atoms with Gasteiger partial charge in [0.05, 0.1) is 4.92 Å². The van der Waals surface area contributed by atoms with E-state index in [2.05, 4.69) is 19.9 Å². The van der Waals surface area contributed by atoms with Gasteiger partial charge in [-0.3, -0.25) is 10.1 Å². The van der Waals surface area contributed by atoms with Crippen LogP contribution in [0.1, 0.15) is 11.1 Å². The highest BCUT2D eigenvalue weighted by Gasteiger charge is 2.31. The topological polar surface area (TPSA) is 97.5 Å². The molecular weight excluding hydrogens is 420 g/mol. The maximum atomic E-state index is 11.9. The molecule has 1 aliphatic heterocycles. The molecule has 1 aromatic carbocycles. The molecule has 3 heterocycles. The minimum atomic E-state index is -0.495. The van der Waals surface area contributed by atoms with Gasteiger partial charge >= 0.3 is 11.6 Å². The largest absolute Gasteiger partial charge is 0.434 e. The second-order valence-electron chi connectivity index (χ2n) is 7.24. The monoisotopic (exact) mass is 440 g/mol. The van der Waals surface area contributed by atoms with Gasteiger partial charge in [0, 0.05) is 37.4 Å². The zero-order valence-corrected chi connectivity index (χ0v) is 17.9. The van der Waals surface area contributed by atoms with E-state index in [9.17, 15) is 10.1 Å². The number of anilines is 2. The van der Waals surface area contributed by atoms with Crippen LogP contribution in [0.2, 0.25) is 5.02 Å². The van der Waals surface area contributed by atoms with Crippen LogP contribution >= 0.6 is 11.6 Å². The van der Waals surface area contributed by atoms with Crippen molar-refractivity contribution in [1.82, 2.24) is 15.0 Å². The van der Waals surface area contributed by atoms with Crippen molar-refractivity contribution in [3.63, 3.8) is 0 Å². The van der Waals surface area contributed by atoms with Crippen LogP contribution in [0.3, 0.4) is 0 Å². The Kier molecular flexibility index (Phi) is 5.85. The Labute approximate surface area is 184 Å². The van der Waals surface area contributed by atoms with E-state index < -0.39 is 4.92 Å². The molecule has 31 heavy (non-hydrogen) atoms. The number of pyridine rings is 1.